The highest BCUT2D eigenvalue weighted by molar-refractivity contribution is 5.82. The van der Waals surface area contributed by atoms with Crippen LogP contribution >= 0.6 is 0 Å². The summed E-state index contributed by atoms with van der Waals surface area (Å²) in [7, 11) is 3.16. The molecule has 2 unspecified atom stereocenters. The summed E-state index contributed by atoms with van der Waals surface area (Å²) in [5, 5.41) is 11.5. The molecule has 0 aliphatic heterocycles. The second-order valence-electron chi connectivity index (χ2n) is 3.64. The number of rotatable bonds is 7. The van der Waals surface area contributed by atoms with Crippen molar-refractivity contribution in [1.82, 2.24) is 10.2 Å². The van der Waals surface area contributed by atoms with Crippen molar-refractivity contribution in [3.63, 3.8) is 0 Å². The van der Waals surface area contributed by atoms with Gasteiger partial charge in [-0.2, -0.15) is 0 Å². The number of aliphatic carboxylic acids is 1. The Bertz CT molecular complexity index is 245. The summed E-state index contributed by atoms with van der Waals surface area (Å²) in [6.45, 7) is 4.08. The van der Waals surface area contributed by atoms with Crippen LogP contribution in [0.3, 0.4) is 0 Å². The van der Waals surface area contributed by atoms with E-state index < -0.39 is 18.1 Å². The Balaban J connectivity index is 4.15. The van der Waals surface area contributed by atoms with Gasteiger partial charge in [0.1, 0.15) is 6.04 Å². The summed E-state index contributed by atoms with van der Waals surface area (Å²) in [4.78, 5) is 23.8. The molecule has 2 N–H and O–H groups in total. The molecule has 0 saturated carbocycles. The van der Waals surface area contributed by atoms with E-state index in [0.29, 0.717) is 13.2 Å². The van der Waals surface area contributed by atoms with E-state index in [-0.39, 0.29) is 5.91 Å². The molecule has 16 heavy (non-hydrogen) atoms. The van der Waals surface area contributed by atoms with Gasteiger partial charge in [-0.05, 0) is 20.9 Å². The van der Waals surface area contributed by atoms with Crippen molar-refractivity contribution in [1.29, 1.82) is 0 Å². The van der Waals surface area contributed by atoms with Crippen LogP contribution in [-0.4, -0.2) is 61.3 Å². The van der Waals surface area contributed by atoms with E-state index in [1.54, 1.807) is 28.0 Å². The Morgan fingerprint density at radius 3 is 2.38 bits per heavy atom. The zero-order chi connectivity index (χ0) is 12.7. The first-order chi connectivity index (χ1) is 7.41. The van der Waals surface area contributed by atoms with Crippen LogP contribution in [0.2, 0.25) is 0 Å². The Hall–Kier alpha value is -1.14. The molecule has 0 radical (unpaired) electrons. The fourth-order valence-corrected chi connectivity index (χ4v) is 1.12. The summed E-state index contributed by atoms with van der Waals surface area (Å²) < 4.78 is 4.80. The molecule has 0 bridgehead atoms. The lowest BCUT2D eigenvalue weighted by atomic mass is 10.2. The van der Waals surface area contributed by atoms with Crippen molar-refractivity contribution >= 4 is 11.9 Å². The van der Waals surface area contributed by atoms with Gasteiger partial charge in [-0.15, -0.1) is 0 Å². The summed E-state index contributed by atoms with van der Waals surface area (Å²) in [5.74, 6) is -1.15. The molecule has 0 aromatic rings. The third kappa shape index (κ3) is 4.59. The van der Waals surface area contributed by atoms with E-state index in [2.05, 4.69) is 5.32 Å². The van der Waals surface area contributed by atoms with Crippen molar-refractivity contribution in [2.45, 2.75) is 25.9 Å². The quantitative estimate of drug-likeness (QED) is 0.581. The Kier molecular flexibility index (Phi) is 6.67. The van der Waals surface area contributed by atoms with Gasteiger partial charge in [0.05, 0.1) is 12.6 Å². The first kappa shape index (κ1) is 14.9. The van der Waals surface area contributed by atoms with Gasteiger partial charge in [0.2, 0.25) is 5.91 Å². The van der Waals surface area contributed by atoms with Crippen molar-refractivity contribution in [3.05, 3.63) is 0 Å². The number of carboxylic acid groups (broad SMARTS) is 1. The summed E-state index contributed by atoms with van der Waals surface area (Å²) in [5.41, 5.74) is 0. The summed E-state index contributed by atoms with van der Waals surface area (Å²) >= 11 is 0. The Labute approximate surface area is 95.6 Å². The molecule has 0 heterocycles. The van der Waals surface area contributed by atoms with Gasteiger partial charge >= 0.3 is 5.97 Å². The molecule has 0 fully saturated rings. The maximum Gasteiger partial charge on any atom is 0.320 e. The number of carbonyl (C=O) groups excluding carboxylic acids is 1. The highest BCUT2D eigenvalue weighted by atomic mass is 16.5. The molecule has 0 spiro atoms. The molecule has 94 valence electrons. The molecule has 0 aromatic carbocycles. The van der Waals surface area contributed by atoms with Gasteiger partial charge in [0.25, 0.3) is 0 Å². The number of methoxy groups -OCH3 is 1. The normalized spacial score (nSPS) is 14.6. The molecule has 0 rings (SSSR count). The van der Waals surface area contributed by atoms with Crippen molar-refractivity contribution in [2.75, 3.05) is 27.3 Å². The number of nitrogens with zero attached hydrogens (tertiary/aromatic N) is 1. The van der Waals surface area contributed by atoms with Crippen LogP contribution in [0.5, 0.6) is 0 Å². The van der Waals surface area contributed by atoms with Gasteiger partial charge in [0, 0.05) is 13.7 Å². The van der Waals surface area contributed by atoms with E-state index >= 15 is 0 Å². The van der Waals surface area contributed by atoms with E-state index in [1.165, 1.54) is 4.90 Å². The number of amides is 1. The summed E-state index contributed by atoms with van der Waals surface area (Å²) in [6, 6.07) is -1.17. The number of carbonyl (C=O) groups is 2. The number of carboxylic acids is 1. The average molecular weight is 232 g/mol. The first-order valence-electron chi connectivity index (χ1n) is 5.13. The molecule has 0 saturated heterocycles. The SMILES string of the molecule is COCCNC(=O)C(C)N(C)C(C)C(=O)O. The van der Waals surface area contributed by atoms with Gasteiger partial charge in [-0.3, -0.25) is 14.5 Å². The number of ether oxygens (including phenoxy) is 1. The highest BCUT2D eigenvalue weighted by Crippen LogP contribution is 2.02. The monoisotopic (exact) mass is 232 g/mol. The van der Waals surface area contributed by atoms with Crippen LogP contribution in [0.4, 0.5) is 0 Å². The standard InChI is InChI=1S/C10H20N2O4/c1-7(9(13)11-5-6-16-4)12(3)8(2)10(14)15/h7-8H,5-6H2,1-4H3,(H,11,13)(H,14,15). The third-order valence-electron chi connectivity index (χ3n) is 2.56. The van der Waals surface area contributed by atoms with Gasteiger partial charge < -0.3 is 15.2 Å². The molecule has 2 atom stereocenters. The number of hydrogen-bond donors (Lipinski definition) is 2. The number of hydrogen-bond acceptors (Lipinski definition) is 4. The molecular formula is C10H20N2O4. The fourth-order valence-electron chi connectivity index (χ4n) is 1.12. The van der Waals surface area contributed by atoms with E-state index in [0.717, 1.165) is 0 Å². The second-order valence-corrected chi connectivity index (χ2v) is 3.64. The topological polar surface area (TPSA) is 78.9 Å². The molecule has 6 nitrogen and oxygen atoms in total. The largest absolute Gasteiger partial charge is 0.480 e. The maximum absolute atomic E-state index is 11.6. The van der Waals surface area contributed by atoms with Crippen LogP contribution in [0.15, 0.2) is 0 Å². The van der Waals surface area contributed by atoms with Crippen LogP contribution < -0.4 is 5.32 Å². The smallest absolute Gasteiger partial charge is 0.320 e. The van der Waals surface area contributed by atoms with Crippen molar-refractivity contribution in [3.8, 4) is 0 Å². The minimum absolute atomic E-state index is 0.201. The predicted molar refractivity (Wildman–Crippen MR) is 59.2 cm³/mol. The van der Waals surface area contributed by atoms with Crippen molar-refractivity contribution < 1.29 is 19.4 Å². The fraction of sp³-hybridized carbons (Fsp3) is 0.800. The molecule has 1 amide bonds. The molecule has 6 heteroatoms. The molecule has 0 aliphatic carbocycles. The Morgan fingerprint density at radius 2 is 1.94 bits per heavy atom. The molecule has 0 aliphatic rings. The maximum atomic E-state index is 11.6. The Morgan fingerprint density at radius 1 is 1.38 bits per heavy atom. The van der Waals surface area contributed by atoms with Crippen LogP contribution in [0.25, 0.3) is 0 Å². The minimum atomic E-state index is -0.945. The van der Waals surface area contributed by atoms with E-state index in [4.69, 9.17) is 9.84 Å². The van der Waals surface area contributed by atoms with E-state index in [9.17, 15) is 9.59 Å². The van der Waals surface area contributed by atoms with Crippen LogP contribution in [0, 0.1) is 0 Å². The highest BCUT2D eigenvalue weighted by Gasteiger charge is 2.25. The zero-order valence-corrected chi connectivity index (χ0v) is 10.2. The van der Waals surface area contributed by atoms with Gasteiger partial charge in [-0.1, -0.05) is 0 Å². The number of likely N-dealkylation sites (N-methyl/N-ethyl adjacent to an activating group) is 1. The second kappa shape index (κ2) is 7.19. The van der Waals surface area contributed by atoms with Crippen LogP contribution in [-0.2, 0) is 14.3 Å². The van der Waals surface area contributed by atoms with Gasteiger partial charge in [-0.25, -0.2) is 0 Å². The zero-order valence-electron chi connectivity index (χ0n) is 10.2. The lowest BCUT2D eigenvalue weighted by Gasteiger charge is -2.27. The van der Waals surface area contributed by atoms with E-state index in [1.807, 2.05) is 0 Å². The lowest BCUT2D eigenvalue weighted by molar-refractivity contribution is -0.143. The first-order valence-corrected chi connectivity index (χ1v) is 5.13. The molecular weight excluding hydrogens is 212 g/mol. The van der Waals surface area contributed by atoms with Crippen molar-refractivity contribution in [2.24, 2.45) is 0 Å². The lowest BCUT2D eigenvalue weighted by Crippen LogP contribution is -2.49. The number of nitrogens with one attached hydrogen (secondary N) is 1. The summed E-state index contributed by atoms with van der Waals surface area (Å²) in [6.07, 6.45) is 0. The average Bonchev–Trinajstić information content (AvgIpc) is 2.26. The predicted octanol–water partition coefficient (Wildman–Crippen LogP) is -0.458. The minimum Gasteiger partial charge on any atom is -0.480 e. The molecule has 0 aromatic heterocycles. The van der Waals surface area contributed by atoms with Gasteiger partial charge in [0.15, 0.2) is 0 Å². The third-order valence-corrected chi connectivity index (χ3v) is 2.56. The van der Waals surface area contributed by atoms with Crippen LogP contribution in [0.1, 0.15) is 13.8 Å².